The van der Waals surface area contributed by atoms with Crippen LogP contribution in [0.3, 0.4) is 0 Å². The summed E-state index contributed by atoms with van der Waals surface area (Å²) in [5, 5.41) is 3.19. The molecular weight excluding hydrogens is 240 g/mol. The van der Waals surface area contributed by atoms with E-state index in [0.29, 0.717) is 6.02 Å². The van der Waals surface area contributed by atoms with Crippen LogP contribution in [0.1, 0.15) is 39.5 Å². The molecule has 106 valence electrons. The van der Waals surface area contributed by atoms with E-state index < -0.39 is 6.29 Å². The lowest BCUT2D eigenvalue weighted by Crippen LogP contribution is -2.34. The van der Waals surface area contributed by atoms with Gasteiger partial charge in [-0.3, -0.25) is 0 Å². The fraction of sp³-hybridized carbons (Fsp3) is 0.533. The molecular formula is C15H24N2O2. The molecule has 1 unspecified atom stereocenters. The Balaban J connectivity index is 2.81. The summed E-state index contributed by atoms with van der Waals surface area (Å²) in [5.74, 6) is 0. The summed E-state index contributed by atoms with van der Waals surface area (Å²) >= 11 is 0. The third-order valence-electron chi connectivity index (χ3n) is 2.29. The van der Waals surface area contributed by atoms with Gasteiger partial charge in [-0.15, -0.1) is 0 Å². The minimum absolute atomic E-state index is 0.162. The average molecular weight is 264 g/mol. The molecule has 1 atom stereocenters. The summed E-state index contributed by atoms with van der Waals surface area (Å²) in [7, 11) is 1.63. The summed E-state index contributed by atoms with van der Waals surface area (Å²) in [6, 6.07) is 10.7. The molecule has 0 heterocycles. The van der Waals surface area contributed by atoms with E-state index in [1.807, 2.05) is 58.0 Å². The second-order valence-corrected chi connectivity index (χ2v) is 4.92. The number of rotatable bonds is 5. The number of benzene rings is 1. The SMILES string of the molecule is COC(OC(=NC(C)C)NC(C)C)c1ccccc1. The second-order valence-electron chi connectivity index (χ2n) is 4.92. The van der Waals surface area contributed by atoms with Gasteiger partial charge in [-0.05, 0) is 27.7 Å². The molecule has 0 aliphatic carbocycles. The first-order valence-electron chi connectivity index (χ1n) is 6.61. The first-order valence-corrected chi connectivity index (χ1v) is 6.61. The van der Waals surface area contributed by atoms with Gasteiger partial charge >= 0.3 is 0 Å². The lowest BCUT2D eigenvalue weighted by Gasteiger charge is -2.21. The van der Waals surface area contributed by atoms with E-state index in [2.05, 4.69) is 10.3 Å². The molecule has 0 amide bonds. The van der Waals surface area contributed by atoms with Gasteiger partial charge in [0.05, 0.1) is 0 Å². The number of amidine groups is 1. The Bertz CT molecular complexity index is 388. The smallest absolute Gasteiger partial charge is 0.287 e. The maximum Gasteiger partial charge on any atom is 0.287 e. The van der Waals surface area contributed by atoms with E-state index >= 15 is 0 Å². The van der Waals surface area contributed by atoms with Crippen molar-refractivity contribution in [2.75, 3.05) is 7.11 Å². The number of nitrogens with one attached hydrogen (secondary N) is 1. The van der Waals surface area contributed by atoms with Gasteiger partial charge in [-0.25, -0.2) is 4.99 Å². The van der Waals surface area contributed by atoms with Crippen LogP contribution in [0.15, 0.2) is 35.3 Å². The third kappa shape index (κ3) is 5.75. The molecule has 1 N–H and O–H groups in total. The summed E-state index contributed by atoms with van der Waals surface area (Å²) in [6.07, 6.45) is -0.454. The Hall–Kier alpha value is -1.55. The summed E-state index contributed by atoms with van der Waals surface area (Å²) < 4.78 is 11.2. The van der Waals surface area contributed by atoms with Crippen LogP contribution in [0.25, 0.3) is 0 Å². The largest absolute Gasteiger partial charge is 0.431 e. The van der Waals surface area contributed by atoms with Crippen LogP contribution < -0.4 is 5.32 Å². The van der Waals surface area contributed by atoms with E-state index in [4.69, 9.17) is 9.47 Å². The molecule has 1 aromatic carbocycles. The van der Waals surface area contributed by atoms with Crippen molar-refractivity contribution in [3.05, 3.63) is 35.9 Å². The Morgan fingerprint density at radius 3 is 2.21 bits per heavy atom. The predicted molar refractivity (Wildman–Crippen MR) is 78.1 cm³/mol. The lowest BCUT2D eigenvalue weighted by molar-refractivity contribution is -0.0690. The van der Waals surface area contributed by atoms with Crippen molar-refractivity contribution in [2.45, 2.75) is 46.1 Å². The van der Waals surface area contributed by atoms with Crippen molar-refractivity contribution in [3.63, 3.8) is 0 Å². The zero-order chi connectivity index (χ0) is 14.3. The van der Waals surface area contributed by atoms with E-state index in [1.54, 1.807) is 7.11 Å². The monoisotopic (exact) mass is 264 g/mol. The van der Waals surface area contributed by atoms with Gasteiger partial charge in [-0.1, -0.05) is 30.3 Å². The van der Waals surface area contributed by atoms with Crippen molar-refractivity contribution in [1.29, 1.82) is 0 Å². The van der Waals surface area contributed by atoms with Gasteiger partial charge in [0.1, 0.15) is 0 Å². The highest BCUT2D eigenvalue weighted by Crippen LogP contribution is 2.17. The minimum Gasteiger partial charge on any atom is -0.431 e. The molecule has 0 spiro atoms. The Kier molecular flexibility index (Phi) is 6.36. The lowest BCUT2D eigenvalue weighted by atomic mass is 10.2. The summed E-state index contributed by atoms with van der Waals surface area (Å²) in [6.45, 7) is 8.11. The molecule has 4 heteroatoms. The molecule has 19 heavy (non-hydrogen) atoms. The van der Waals surface area contributed by atoms with Gasteiger partial charge < -0.3 is 14.8 Å². The fourth-order valence-electron chi connectivity index (χ4n) is 1.55. The van der Waals surface area contributed by atoms with Crippen LogP contribution >= 0.6 is 0 Å². The van der Waals surface area contributed by atoms with E-state index in [0.717, 1.165) is 5.56 Å². The topological polar surface area (TPSA) is 42.9 Å². The minimum atomic E-state index is -0.454. The zero-order valence-corrected chi connectivity index (χ0v) is 12.4. The third-order valence-corrected chi connectivity index (χ3v) is 2.29. The number of ether oxygens (including phenoxy) is 2. The standard InChI is InChI=1S/C15H24N2O2/c1-11(2)16-15(17-12(3)4)19-14(18-5)13-9-7-6-8-10-13/h6-12,14H,1-5H3,(H,16,17). The van der Waals surface area contributed by atoms with Crippen molar-refractivity contribution in [1.82, 2.24) is 5.32 Å². The van der Waals surface area contributed by atoms with Crippen molar-refractivity contribution in [3.8, 4) is 0 Å². The van der Waals surface area contributed by atoms with Crippen LogP contribution in [0.5, 0.6) is 0 Å². The van der Waals surface area contributed by atoms with E-state index in [9.17, 15) is 0 Å². The van der Waals surface area contributed by atoms with Gasteiger partial charge in [0, 0.05) is 24.8 Å². The van der Waals surface area contributed by atoms with Gasteiger partial charge in [0.25, 0.3) is 6.02 Å². The molecule has 0 fully saturated rings. The summed E-state index contributed by atoms with van der Waals surface area (Å²) in [4.78, 5) is 4.43. The quantitative estimate of drug-likeness (QED) is 0.505. The maximum absolute atomic E-state index is 5.82. The first kappa shape index (κ1) is 15.5. The summed E-state index contributed by atoms with van der Waals surface area (Å²) in [5.41, 5.74) is 0.965. The molecule has 0 aliphatic rings. The molecule has 1 rings (SSSR count). The van der Waals surface area contributed by atoms with Crippen LogP contribution in [0, 0.1) is 0 Å². The Morgan fingerprint density at radius 2 is 1.74 bits per heavy atom. The van der Waals surface area contributed by atoms with Gasteiger partial charge in [0.2, 0.25) is 6.29 Å². The fourth-order valence-corrected chi connectivity index (χ4v) is 1.55. The Labute approximate surface area is 115 Å². The molecule has 4 nitrogen and oxygen atoms in total. The van der Waals surface area contributed by atoms with E-state index in [-0.39, 0.29) is 12.1 Å². The number of hydrogen-bond donors (Lipinski definition) is 1. The normalized spacial score (nSPS) is 13.7. The number of hydrogen-bond acceptors (Lipinski definition) is 3. The second kappa shape index (κ2) is 7.79. The zero-order valence-electron chi connectivity index (χ0n) is 12.4. The number of nitrogens with zero attached hydrogens (tertiary/aromatic N) is 1. The van der Waals surface area contributed by atoms with Crippen molar-refractivity contribution >= 4 is 6.02 Å². The molecule has 0 radical (unpaired) electrons. The highest BCUT2D eigenvalue weighted by Gasteiger charge is 2.15. The van der Waals surface area contributed by atoms with Crippen LogP contribution in [-0.4, -0.2) is 25.2 Å². The highest BCUT2D eigenvalue weighted by atomic mass is 16.7. The molecule has 0 bridgehead atoms. The Morgan fingerprint density at radius 1 is 1.11 bits per heavy atom. The van der Waals surface area contributed by atoms with Gasteiger partial charge in [-0.2, -0.15) is 0 Å². The average Bonchev–Trinajstić information content (AvgIpc) is 2.35. The van der Waals surface area contributed by atoms with E-state index in [1.165, 1.54) is 0 Å². The molecule has 0 aromatic heterocycles. The molecule has 0 saturated heterocycles. The van der Waals surface area contributed by atoms with Gasteiger partial charge in [0.15, 0.2) is 0 Å². The maximum atomic E-state index is 5.82. The first-order chi connectivity index (χ1) is 9.02. The number of methoxy groups -OCH3 is 1. The van der Waals surface area contributed by atoms with Crippen LogP contribution in [0.2, 0.25) is 0 Å². The number of aliphatic imine (C=N–C) groups is 1. The predicted octanol–water partition coefficient (Wildman–Crippen LogP) is 3.11. The van der Waals surface area contributed by atoms with Crippen LogP contribution in [0.4, 0.5) is 0 Å². The van der Waals surface area contributed by atoms with Crippen molar-refractivity contribution < 1.29 is 9.47 Å². The van der Waals surface area contributed by atoms with Crippen molar-refractivity contribution in [2.24, 2.45) is 4.99 Å². The highest BCUT2D eigenvalue weighted by molar-refractivity contribution is 5.74. The molecule has 0 saturated carbocycles. The van der Waals surface area contributed by atoms with Crippen LogP contribution in [-0.2, 0) is 9.47 Å². The molecule has 0 aliphatic heterocycles. The molecule has 1 aromatic rings.